The number of hydrogen-bond donors (Lipinski definition) is 2. The van der Waals surface area contributed by atoms with Crippen LogP contribution in [0.15, 0.2) is 6.20 Å². The third-order valence-corrected chi connectivity index (χ3v) is 3.40. The molecule has 0 bridgehead atoms. The second-order valence-electron chi connectivity index (χ2n) is 4.80. The number of nitrogens with one attached hydrogen (secondary N) is 1. The van der Waals surface area contributed by atoms with Crippen LogP contribution in [-0.4, -0.2) is 46.2 Å². The highest BCUT2D eigenvalue weighted by Crippen LogP contribution is 2.31. The lowest BCUT2D eigenvalue weighted by Crippen LogP contribution is -2.23. The van der Waals surface area contributed by atoms with E-state index in [2.05, 4.69) is 15.3 Å². The molecule has 1 aliphatic heterocycles. The summed E-state index contributed by atoms with van der Waals surface area (Å²) in [5.41, 5.74) is -0.0729. The Bertz CT molecular complexity index is 482. The van der Waals surface area contributed by atoms with Gasteiger partial charge >= 0.3 is 5.69 Å². The Kier molecular flexibility index (Phi) is 4.67. The van der Waals surface area contributed by atoms with E-state index < -0.39 is 4.92 Å². The first-order chi connectivity index (χ1) is 9.65. The van der Waals surface area contributed by atoms with Crippen molar-refractivity contribution in [3.8, 4) is 0 Å². The third-order valence-electron chi connectivity index (χ3n) is 3.40. The summed E-state index contributed by atoms with van der Waals surface area (Å²) in [5.74, 6) is 1.12. The quantitative estimate of drug-likeness (QED) is 0.592. The molecule has 20 heavy (non-hydrogen) atoms. The summed E-state index contributed by atoms with van der Waals surface area (Å²) in [7, 11) is 0. The van der Waals surface area contributed by atoms with Crippen molar-refractivity contribution in [2.75, 3.05) is 36.5 Å². The molecule has 1 saturated heterocycles. The van der Waals surface area contributed by atoms with E-state index in [0.717, 1.165) is 12.8 Å². The van der Waals surface area contributed by atoms with E-state index >= 15 is 0 Å². The normalized spacial score (nSPS) is 18.3. The first kappa shape index (κ1) is 14.4. The van der Waals surface area contributed by atoms with Gasteiger partial charge in [-0.2, -0.15) is 4.98 Å². The molecule has 0 aliphatic carbocycles. The zero-order chi connectivity index (χ0) is 14.5. The molecule has 0 spiro atoms. The van der Waals surface area contributed by atoms with Gasteiger partial charge in [0.2, 0.25) is 11.8 Å². The number of aliphatic hydroxyl groups excluding tert-OH is 1. The molecule has 0 aromatic carbocycles. The molecule has 2 heterocycles. The highest BCUT2D eigenvalue weighted by molar-refractivity contribution is 5.59. The minimum atomic E-state index is -0.454. The first-order valence-electron chi connectivity index (χ1n) is 6.76. The fourth-order valence-corrected chi connectivity index (χ4v) is 2.41. The summed E-state index contributed by atoms with van der Waals surface area (Å²) in [4.78, 5) is 20.7. The number of rotatable bonds is 6. The van der Waals surface area contributed by atoms with Crippen LogP contribution in [0.4, 0.5) is 17.5 Å². The topological polar surface area (TPSA) is 104 Å². The third kappa shape index (κ3) is 3.13. The van der Waals surface area contributed by atoms with Crippen LogP contribution in [0.2, 0.25) is 0 Å². The van der Waals surface area contributed by atoms with Gasteiger partial charge in [-0.25, -0.2) is 4.98 Å². The maximum absolute atomic E-state index is 11.1. The average Bonchev–Trinajstić information content (AvgIpc) is 2.88. The average molecular weight is 281 g/mol. The summed E-state index contributed by atoms with van der Waals surface area (Å²) < 4.78 is 0. The number of nitro groups is 1. The van der Waals surface area contributed by atoms with Crippen molar-refractivity contribution < 1.29 is 10.0 Å². The maximum Gasteiger partial charge on any atom is 0.329 e. The molecule has 2 N–H and O–H groups in total. The number of hydrogen-bond acceptors (Lipinski definition) is 7. The Balaban J connectivity index is 2.24. The summed E-state index contributed by atoms with van der Waals surface area (Å²) in [6, 6.07) is 0. The molecule has 1 unspecified atom stereocenters. The van der Waals surface area contributed by atoms with Crippen molar-refractivity contribution in [3.63, 3.8) is 0 Å². The predicted octanol–water partition coefficient (Wildman–Crippen LogP) is 1.03. The Morgan fingerprint density at radius 1 is 1.65 bits per heavy atom. The second-order valence-corrected chi connectivity index (χ2v) is 4.80. The molecule has 1 fully saturated rings. The zero-order valence-electron chi connectivity index (χ0n) is 11.4. The van der Waals surface area contributed by atoms with Crippen LogP contribution < -0.4 is 10.2 Å². The highest BCUT2D eigenvalue weighted by atomic mass is 16.6. The van der Waals surface area contributed by atoms with Crippen LogP contribution in [0, 0.1) is 16.0 Å². The van der Waals surface area contributed by atoms with Gasteiger partial charge in [0.25, 0.3) is 0 Å². The van der Waals surface area contributed by atoms with Gasteiger partial charge in [-0.05, 0) is 25.7 Å². The molecule has 1 aromatic rings. The molecule has 8 heteroatoms. The molecular formula is C12H19N5O3. The molecule has 0 saturated carbocycles. The maximum atomic E-state index is 11.1. The summed E-state index contributed by atoms with van der Waals surface area (Å²) in [5, 5.41) is 23.0. The molecule has 2 rings (SSSR count). The highest BCUT2D eigenvalue weighted by Gasteiger charge is 2.29. The summed E-state index contributed by atoms with van der Waals surface area (Å²) in [6.45, 7) is 4.12. The minimum absolute atomic E-state index is 0.0729. The Labute approximate surface area is 117 Å². The Morgan fingerprint density at radius 3 is 3.10 bits per heavy atom. The Morgan fingerprint density at radius 2 is 2.45 bits per heavy atom. The van der Waals surface area contributed by atoms with Crippen molar-refractivity contribution in [1.82, 2.24) is 9.97 Å². The van der Waals surface area contributed by atoms with Crippen molar-refractivity contribution in [1.29, 1.82) is 0 Å². The van der Waals surface area contributed by atoms with Gasteiger partial charge in [0.05, 0.1) is 4.92 Å². The largest absolute Gasteiger partial charge is 0.396 e. The van der Waals surface area contributed by atoms with Gasteiger partial charge in [-0.3, -0.25) is 10.1 Å². The fourth-order valence-electron chi connectivity index (χ4n) is 2.41. The van der Waals surface area contributed by atoms with E-state index in [4.69, 9.17) is 5.11 Å². The summed E-state index contributed by atoms with van der Waals surface area (Å²) >= 11 is 0. The van der Waals surface area contributed by atoms with Crippen molar-refractivity contribution >= 4 is 17.5 Å². The van der Waals surface area contributed by atoms with Gasteiger partial charge in [0.1, 0.15) is 6.20 Å². The lowest BCUT2D eigenvalue weighted by Gasteiger charge is -2.17. The SMILES string of the molecule is CCNc1ncc([N+](=O)[O-])c(N2CCC(CCO)C2)n1. The van der Waals surface area contributed by atoms with Gasteiger partial charge < -0.3 is 15.3 Å². The lowest BCUT2D eigenvalue weighted by molar-refractivity contribution is -0.384. The molecule has 1 aliphatic rings. The van der Waals surface area contributed by atoms with Gasteiger partial charge in [0, 0.05) is 26.2 Å². The van der Waals surface area contributed by atoms with Gasteiger partial charge in [0.15, 0.2) is 0 Å². The molecule has 110 valence electrons. The van der Waals surface area contributed by atoms with Crippen LogP contribution in [0.3, 0.4) is 0 Å². The predicted molar refractivity (Wildman–Crippen MR) is 74.9 cm³/mol. The zero-order valence-corrected chi connectivity index (χ0v) is 11.4. The lowest BCUT2D eigenvalue weighted by atomic mass is 10.1. The van der Waals surface area contributed by atoms with E-state index in [9.17, 15) is 10.1 Å². The van der Waals surface area contributed by atoms with Crippen LogP contribution in [0.25, 0.3) is 0 Å². The number of aromatic nitrogens is 2. The van der Waals surface area contributed by atoms with Crippen LogP contribution in [0.5, 0.6) is 0 Å². The number of anilines is 2. The van der Waals surface area contributed by atoms with Crippen LogP contribution in [-0.2, 0) is 0 Å². The molecule has 1 aromatic heterocycles. The van der Waals surface area contributed by atoms with E-state index in [-0.39, 0.29) is 12.3 Å². The van der Waals surface area contributed by atoms with Crippen molar-refractivity contribution in [3.05, 3.63) is 16.3 Å². The van der Waals surface area contributed by atoms with Gasteiger partial charge in [-0.15, -0.1) is 0 Å². The van der Waals surface area contributed by atoms with Crippen molar-refractivity contribution in [2.45, 2.75) is 19.8 Å². The van der Waals surface area contributed by atoms with Gasteiger partial charge in [-0.1, -0.05) is 0 Å². The Hall–Kier alpha value is -1.96. The number of nitrogens with zero attached hydrogens (tertiary/aromatic N) is 4. The monoisotopic (exact) mass is 281 g/mol. The van der Waals surface area contributed by atoms with Crippen LogP contribution in [0.1, 0.15) is 19.8 Å². The van der Waals surface area contributed by atoms with E-state index in [1.54, 1.807) is 0 Å². The van der Waals surface area contributed by atoms with E-state index in [1.807, 2.05) is 11.8 Å². The smallest absolute Gasteiger partial charge is 0.329 e. The molecule has 0 amide bonds. The molecule has 1 atom stereocenters. The second kappa shape index (κ2) is 6.47. The summed E-state index contributed by atoms with van der Waals surface area (Å²) in [6.07, 6.45) is 2.88. The molecular weight excluding hydrogens is 262 g/mol. The molecule has 8 nitrogen and oxygen atoms in total. The minimum Gasteiger partial charge on any atom is -0.396 e. The number of aliphatic hydroxyl groups is 1. The van der Waals surface area contributed by atoms with E-state index in [0.29, 0.717) is 37.3 Å². The standard InChI is InChI=1S/C12H19N5O3/c1-2-13-12-14-7-10(17(19)20)11(15-12)16-5-3-9(8-16)4-6-18/h7,9,18H,2-6,8H2,1H3,(H,13,14,15). The molecule has 0 radical (unpaired) electrons. The van der Waals surface area contributed by atoms with Crippen LogP contribution >= 0.6 is 0 Å². The van der Waals surface area contributed by atoms with E-state index in [1.165, 1.54) is 6.20 Å². The fraction of sp³-hybridized carbons (Fsp3) is 0.667. The first-order valence-corrected chi connectivity index (χ1v) is 6.76. The van der Waals surface area contributed by atoms with Crippen molar-refractivity contribution in [2.24, 2.45) is 5.92 Å².